The van der Waals surface area contributed by atoms with Gasteiger partial charge in [0, 0.05) is 46.2 Å². The van der Waals surface area contributed by atoms with E-state index in [1.807, 2.05) is 6.07 Å². The van der Waals surface area contributed by atoms with E-state index in [0.717, 1.165) is 5.56 Å². The van der Waals surface area contributed by atoms with Gasteiger partial charge >= 0.3 is 6.03 Å². The molecule has 2 atom stereocenters. The second-order valence-corrected chi connectivity index (χ2v) is 6.30. The third-order valence-corrected chi connectivity index (χ3v) is 4.44. The lowest BCUT2D eigenvalue weighted by atomic mass is 10.0. The van der Waals surface area contributed by atoms with Crippen molar-refractivity contribution in [3.05, 3.63) is 35.6 Å². The SMILES string of the molecule is CN(C)C(=O)N1C[C@H]2CN(Cc3cccc(F)c3)C(=O)[C@H]2C1. The van der Waals surface area contributed by atoms with Gasteiger partial charge in [0.15, 0.2) is 0 Å². The van der Waals surface area contributed by atoms with Gasteiger partial charge in [0.1, 0.15) is 5.82 Å². The summed E-state index contributed by atoms with van der Waals surface area (Å²) in [5.41, 5.74) is 0.801. The number of hydrogen-bond donors (Lipinski definition) is 0. The first kappa shape index (κ1) is 14.8. The lowest BCUT2D eigenvalue weighted by Crippen LogP contribution is -2.40. The number of fused-ring (bicyclic) bond motifs is 1. The Hall–Kier alpha value is -2.11. The minimum atomic E-state index is -0.285. The van der Waals surface area contributed by atoms with Crippen LogP contribution in [0, 0.1) is 17.7 Å². The first-order chi connectivity index (χ1) is 10.5. The molecule has 0 aromatic heterocycles. The number of nitrogens with zero attached hydrogens (tertiary/aromatic N) is 3. The summed E-state index contributed by atoms with van der Waals surface area (Å²) in [6, 6.07) is 6.30. The molecule has 118 valence electrons. The Morgan fingerprint density at radius 2 is 2.09 bits per heavy atom. The highest BCUT2D eigenvalue weighted by atomic mass is 19.1. The summed E-state index contributed by atoms with van der Waals surface area (Å²) in [7, 11) is 3.43. The highest BCUT2D eigenvalue weighted by Crippen LogP contribution is 2.33. The maximum absolute atomic E-state index is 13.2. The van der Waals surface area contributed by atoms with E-state index < -0.39 is 0 Å². The van der Waals surface area contributed by atoms with Gasteiger partial charge in [0.25, 0.3) is 0 Å². The van der Waals surface area contributed by atoms with E-state index in [-0.39, 0.29) is 29.6 Å². The number of hydrogen-bond acceptors (Lipinski definition) is 2. The van der Waals surface area contributed by atoms with Gasteiger partial charge in [-0.2, -0.15) is 0 Å². The minimum absolute atomic E-state index is 0.0427. The van der Waals surface area contributed by atoms with Gasteiger partial charge < -0.3 is 14.7 Å². The summed E-state index contributed by atoms with van der Waals surface area (Å²) in [5.74, 6) is -0.141. The Morgan fingerprint density at radius 1 is 1.32 bits per heavy atom. The van der Waals surface area contributed by atoms with Crippen molar-refractivity contribution in [2.75, 3.05) is 33.7 Å². The summed E-state index contributed by atoms with van der Waals surface area (Å²) in [6.45, 7) is 2.18. The van der Waals surface area contributed by atoms with Gasteiger partial charge in [-0.25, -0.2) is 9.18 Å². The second kappa shape index (κ2) is 5.59. The van der Waals surface area contributed by atoms with E-state index in [4.69, 9.17) is 0 Å². The van der Waals surface area contributed by atoms with Crippen LogP contribution in [0.3, 0.4) is 0 Å². The number of urea groups is 1. The van der Waals surface area contributed by atoms with Gasteiger partial charge in [-0.05, 0) is 17.7 Å². The number of carbonyl (C=O) groups is 2. The molecular formula is C16H20FN3O2. The molecule has 1 aromatic carbocycles. The number of rotatable bonds is 2. The standard InChI is InChI=1S/C16H20FN3O2/c1-18(2)16(22)20-9-12-8-19(15(21)14(12)10-20)7-11-4-3-5-13(17)6-11/h3-6,12,14H,7-10H2,1-2H3/t12-,14+/m1/s1. The van der Waals surface area contributed by atoms with Crippen molar-refractivity contribution >= 4 is 11.9 Å². The van der Waals surface area contributed by atoms with E-state index in [1.54, 1.807) is 30.0 Å². The molecule has 6 heteroatoms. The van der Waals surface area contributed by atoms with Gasteiger partial charge in [0.05, 0.1) is 5.92 Å². The fourth-order valence-electron chi connectivity index (χ4n) is 3.38. The molecule has 3 amide bonds. The summed E-state index contributed by atoms with van der Waals surface area (Å²) in [6.07, 6.45) is 0. The number of halogens is 1. The van der Waals surface area contributed by atoms with E-state index in [0.29, 0.717) is 26.2 Å². The minimum Gasteiger partial charge on any atom is -0.338 e. The van der Waals surface area contributed by atoms with Gasteiger partial charge in [-0.1, -0.05) is 12.1 Å². The molecular weight excluding hydrogens is 285 g/mol. The molecule has 5 nitrogen and oxygen atoms in total. The zero-order chi connectivity index (χ0) is 15.9. The van der Waals surface area contributed by atoms with Crippen LogP contribution < -0.4 is 0 Å². The van der Waals surface area contributed by atoms with Crippen molar-refractivity contribution in [3.8, 4) is 0 Å². The molecule has 2 fully saturated rings. The van der Waals surface area contributed by atoms with Gasteiger partial charge in [-0.15, -0.1) is 0 Å². The quantitative estimate of drug-likeness (QED) is 0.829. The van der Waals surface area contributed by atoms with Crippen LogP contribution in [0.25, 0.3) is 0 Å². The Labute approximate surface area is 129 Å². The Kier molecular flexibility index (Phi) is 3.76. The van der Waals surface area contributed by atoms with Crippen LogP contribution in [0.2, 0.25) is 0 Å². The Bertz CT molecular complexity index is 605. The number of likely N-dealkylation sites (tertiary alicyclic amines) is 2. The number of benzene rings is 1. The maximum atomic E-state index is 13.2. The summed E-state index contributed by atoms with van der Waals surface area (Å²) in [4.78, 5) is 29.5. The van der Waals surface area contributed by atoms with E-state index >= 15 is 0 Å². The van der Waals surface area contributed by atoms with E-state index in [9.17, 15) is 14.0 Å². The third-order valence-electron chi connectivity index (χ3n) is 4.44. The monoisotopic (exact) mass is 305 g/mol. The highest BCUT2D eigenvalue weighted by molar-refractivity contribution is 5.84. The predicted molar refractivity (Wildman–Crippen MR) is 79.5 cm³/mol. The second-order valence-electron chi connectivity index (χ2n) is 6.30. The molecule has 1 aromatic rings. The van der Waals surface area contributed by atoms with Crippen molar-refractivity contribution in [1.82, 2.24) is 14.7 Å². The summed E-state index contributed by atoms with van der Waals surface area (Å²) < 4.78 is 13.2. The molecule has 3 rings (SSSR count). The topological polar surface area (TPSA) is 43.9 Å². The zero-order valence-electron chi connectivity index (χ0n) is 12.8. The summed E-state index contributed by atoms with van der Waals surface area (Å²) >= 11 is 0. The van der Waals surface area contributed by atoms with Crippen molar-refractivity contribution < 1.29 is 14.0 Å². The fourth-order valence-corrected chi connectivity index (χ4v) is 3.38. The highest BCUT2D eigenvalue weighted by Gasteiger charge is 2.47. The molecule has 0 bridgehead atoms. The molecule has 0 saturated carbocycles. The van der Waals surface area contributed by atoms with Crippen LogP contribution in [0.1, 0.15) is 5.56 Å². The van der Waals surface area contributed by atoms with Crippen molar-refractivity contribution in [2.24, 2.45) is 11.8 Å². The van der Waals surface area contributed by atoms with Crippen LogP contribution in [-0.2, 0) is 11.3 Å². The first-order valence-electron chi connectivity index (χ1n) is 7.45. The van der Waals surface area contributed by atoms with Crippen molar-refractivity contribution in [3.63, 3.8) is 0 Å². The van der Waals surface area contributed by atoms with Gasteiger partial charge in [0.2, 0.25) is 5.91 Å². The van der Waals surface area contributed by atoms with Gasteiger partial charge in [-0.3, -0.25) is 4.79 Å². The number of amides is 3. The van der Waals surface area contributed by atoms with Crippen LogP contribution in [0.15, 0.2) is 24.3 Å². The maximum Gasteiger partial charge on any atom is 0.319 e. The predicted octanol–water partition coefficient (Wildman–Crippen LogP) is 1.40. The normalized spacial score (nSPS) is 23.9. The molecule has 0 unspecified atom stereocenters. The number of carbonyl (C=O) groups excluding carboxylic acids is 2. The van der Waals surface area contributed by atoms with Crippen LogP contribution in [0.5, 0.6) is 0 Å². The van der Waals surface area contributed by atoms with Crippen molar-refractivity contribution in [2.45, 2.75) is 6.54 Å². The van der Waals surface area contributed by atoms with Crippen molar-refractivity contribution in [1.29, 1.82) is 0 Å². The molecule has 2 heterocycles. The lowest BCUT2D eigenvalue weighted by Gasteiger charge is -2.24. The van der Waals surface area contributed by atoms with Crippen LogP contribution >= 0.6 is 0 Å². The van der Waals surface area contributed by atoms with Crippen LogP contribution in [0.4, 0.5) is 9.18 Å². The van der Waals surface area contributed by atoms with Crippen LogP contribution in [-0.4, -0.2) is 60.4 Å². The molecule has 0 N–H and O–H groups in total. The largest absolute Gasteiger partial charge is 0.338 e. The molecule has 0 spiro atoms. The molecule has 2 aliphatic heterocycles. The molecule has 2 aliphatic rings. The first-order valence-corrected chi connectivity index (χ1v) is 7.45. The third kappa shape index (κ3) is 2.65. The average molecular weight is 305 g/mol. The zero-order valence-corrected chi connectivity index (χ0v) is 12.8. The Balaban J connectivity index is 1.65. The summed E-state index contributed by atoms with van der Waals surface area (Å²) in [5, 5.41) is 0. The fraction of sp³-hybridized carbons (Fsp3) is 0.500. The molecule has 0 aliphatic carbocycles. The molecule has 0 radical (unpaired) electrons. The van der Waals surface area contributed by atoms with E-state index in [1.165, 1.54) is 17.0 Å². The average Bonchev–Trinajstić information content (AvgIpc) is 2.99. The van der Waals surface area contributed by atoms with E-state index in [2.05, 4.69) is 0 Å². The molecule has 2 saturated heterocycles. The molecule has 22 heavy (non-hydrogen) atoms. The Morgan fingerprint density at radius 3 is 2.73 bits per heavy atom. The lowest BCUT2D eigenvalue weighted by molar-refractivity contribution is -0.131. The smallest absolute Gasteiger partial charge is 0.319 e.